The van der Waals surface area contributed by atoms with Gasteiger partial charge in [-0.2, -0.15) is 5.26 Å². The summed E-state index contributed by atoms with van der Waals surface area (Å²) in [6, 6.07) is 6.02. The van der Waals surface area contributed by atoms with Gasteiger partial charge in [-0.15, -0.1) is 0 Å². The molecule has 0 spiro atoms. The SMILES string of the molecule is N#Cc1ccc(C=CCC=O)c([N+](=O)[O-])c1. The Morgan fingerprint density at radius 1 is 1.50 bits per heavy atom. The maximum absolute atomic E-state index is 10.7. The van der Waals surface area contributed by atoms with Crippen molar-refractivity contribution in [3.05, 3.63) is 45.5 Å². The van der Waals surface area contributed by atoms with Crippen molar-refractivity contribution in [3.63, 3.8) is 0 Å². The number of rotatable bonds is 4. The summed E-state index contributed by atoms with van der Waals surface area (Å²) in [6.45, 7) is 0. The Hall–Kier alpha value is -2.48. The second-order valence-corrected chi connectivity index (χ2v) is 2.95. The summed E-state index contributed by atoms with van der Waals surface area (Å²) >= 11 is 0. The molecule has 0 saturated heterocycles. The van der Waals surface area contributed by atoms with Crippen molar-refractivity contribution in [1.82, 2.24) is 0 Å². The highest BCUT2D eigenvalue weighted by atomic mass is 16.6. The van der Waals surface area contributed by atoms with E-state index in [1.54, 1.807) is 0 Å². The zero-order valence-electron chi connectivity index (χ0n) is 8.29. The zero-order chi connectivity index (χ0) is 12.0. The molecule has 0 aliphatic carbocycles. The minimum Gasteiger partial charge on any atom is -0.303 e. The predicted molar refractivity (Wildman–Crippen MR) is 57.5 cm³/mol. The third kappa shape index (κ3) is 2.75. The number of carbonyl (C=O) groups excluding carboxylic acids is 1. The molecule has 0 radical (unpaired) electrons. The lowest BCUT2D eigenvalue weighted by Gasteiger charge is -1.97. The monoisotopic (exact) mass is 216 g/mol. The van der Waals surface area contributed by atoms with Gasteiger partial charge in [-0.05, 0) is 12.1 Å². The molecular formula is C11H8N2O3. The van der Waals surface area contributed by atoms with E-state index in [4.69, 9.17) is 5.26 Å². The molecule has 0 atom stereocenters. The quantitative estimate of drug-likeness (QED) is 0.438. The molecule has 0 saturated carbocycles. The highest BCUT2D eigenvalue weighted by Crippen LogP contribution is 2.21. The normalized spacial score (nSPS) is 9.94. The van der Waals surface area contributed by atoms with Crippen LogP contribution in [0.25, 0.3) is 6.08 Å². The Balaban J connectivity index is 3.14. The molecule has 1 rings (SSSR count). The van der Waals surface area contributed by atoms with Gasteiger partial charge in [0.25, 0.3) is 5.69 Å². The van der Waals surface area contributed by atoms with Crippen LogP contribution in [0.5, 0.6) is 0 Å². The molecule has 80 valence electrons. The third-order valence-electron chi connectivity index (χ3n) is 1.89. The average Bonchev–Trinajstić information content (AvgIpc) is 2.29. The van der Waals surface area contributed by atoms with Gasteiger partial charge in [0, 0.05) is 12.5 Å². The van der Waals surface area contributed by atoms with E-state index in [-0.39, 0.29) is 17.7 Å². The Bertz CT molecular complexity index is 486. The highest BCUT2D eigenvalue weighted by molar-refractivity contribution is 5.65. The first-order valence-corrected chi connectivity index (χ1v) is 4.47. The molecule has 1 aromatic carbocycles. The third-order valence-corrected chi connectivity index (χ3v) is 1.89. The van der Waals surface area contributed by atoms with Crippen molar-refractivity contribution in [2.24, 2.45) is 0 Å². The van der Waals surface area contributed by atoms with E-state index in [9.17, 15) is 14.9 Å². The number of nitro benzene ring substituents is 1. The lowest BCUT2D eigenvalue weighted by molar-refractivity contribution is -0.385. The van der Waals surface area contributed by atoms with Crippen LogP contribution in [0.3, 0.4) is 0 Å². The number of hydrogen-bond donors (Lipinski definition) is 0. The lowest BCUT2D eigenvalue weighted by Crippen LogP contribution is -1.92. The maximum atomic E-state index is 10.7. The fourth-order valence-corrected chi connectivity index (χ4v) is 1.16. The number of carbonyl (C=O) groups is 1. The number of nitrogens with zero attached hydrogens (tertiary/aromatic N) is 2. The first-order chi connectivity index (χ1) is 7.69. The summed E-state index contributed by atoms with van der Waals surface area (Å²) in [7, 11) is 0. The van der Waals surface area contributed by atoms with Crippen LogP contribution >= 0.6 is 0 Å². The molecule has 1 aromatic rings. The van der Waals surface area contributed by atoms with Gasteiger partial charge in [0.2, 0.25) is 0 Å². The number of nitro groups is 1. The molecule has 0 aliphatic rings. The van der Waals surface area contributed by atoms with E-state index in [1.165, 1.54) is 30.4 Å². The van der Waals surface area contributed by atoms with Gasteiger partial charge in [-0.1, -0.05) is 12.2 Å². The van der Waals surface area contributed by atoms with Crippen LogP contribution < -0.4 is 0 Å². The van der Waals surface area contributed by atoms with Crippen molar-refractivity contribution >= 4 is 18.0 Å². The van der Waals surface area contributed by atoms with Crippen LogP contribution in [0.2, 0.25) is 0 Å². The molecule has 0 aliphatic heterocycles. The van der Waals surface area contributed by atoms with Crippen LogP contribution in [0.15, 0.2) is 24.3 Å². The molecule has 0 unspecified atom stereocenters. The lowest BCUT2D eigenvalue weighted by atomic mass is 10.1. The molecule has 5 heteroatoms. The fourth-order valence-electron chi connectivity index (χ4n) is 1.16. The first kappa shape index (κ1) is 11.6. The molecule has 0 bridgehead atoms. The summed E-state index contributed by atoms with van der Waals surface area (Å²) in [5.41, 5.74) is 0.478. The largest absolute Gasteiger partial charge is 0.303 e. The number of nitriles is 1. The fraction of sp³-hybridized carbons (Fsp3) is 0.0909. The second-order valence-electron chi connectivity index (χ2n) is 2.95. The van der Waals surface area contributed by atoms with Crippen LogP contribution in [-0.2, 0) is 4.79 Å². The van der Waals surface area contributed by atoms with Crippen molar-refractivity contribution in [2.45, 2.75) is 6.42 Å². The minimum absolute atomic E-state index is 0.138. The molecule has 0 heterocycles. The molecule has 0 aromatic heterocycles. The average molecular weight is 216 g/mol. The summed E-state index contributed by atoms with van der Waals surface area (Å²) in [5.74, 6) is 0. The van der Waals surface area contributed by atoms with Crippen molar-refractivity contribution in [3.8, 4) is 6.07 Å². The van der Waals surface area contributed by atoms with Crippen molar-refractivity contribution < 1.29 is 9.72 Å². The Morgan fingerprint density at radius 3 is 2.81 bits per heavy atom. The van der Waals surface area contributed by atoms with Gasteiger partial charge < -0.3 is 4.79 Å². The van der Waals surface area contributed by atoms with Crippen LogP contribution in [0.1, 0.15) is 17.5 Å². The topological polar surface area (TPSA) is 84.0 Å². The number of benzene rings is 1. The molecule has 16 heavy (non-hydrogen) atoms. The van der Waals surface area contributed by atoms with Gasteiger partial charge in [-0.3, -0.25) is 10.1 Å². The first-order valence-electron chi connectivity index (χ1n) is 4.47. The van der Waals surface area contributed by atoms with E-state index in [1.807, 2.05) is 6.07 Å². The number of hydrogen-bond acceptors (Lipinski definition) is 4. The zero-order valence-corrected chi connectivity index (χ0v) is 8.29. The van der Waals surface area contributed by atoms with E-state index in [0.29, 0.717) is 11.8 Å². The van der Waals surface area contributed by atoms with Gasteiger partial charge in [0.1, 0.15) is 6.29 Å². The highest BCUT2D eigenvalue weighted by Gasteiger charge is 2.11. The van der Waals surface area contributed by atoms with Crippen molar-refractivity contribution in [2.75, 3.05) is 0 Å². The molecular weight excluding hydrogens is 208 g/mol. The maximum Gasteiger partial charge on any atom is 0.277 e. The summed E-state index contributed by atoms with van der Waals surface area (Å²) in [6.07, 6.45) is 3.93. The van der Waals surface area contributed by atoms with Crippen LogP contribution in [0, 0.1) is 21.4 Å². The Morgan fingerprint density at radius 2 is 2.25 bits per heavy atom. The van der Waals surface area contributed by atoms with E-state index >= 15 is 0 Å². The molecule has 0 fully saturated rings. The number of allylic oxidation sites excluding steroid dienone is 1. The molecule has 0 amide bonds. The Kier molecular flexibility index (Phi) is 3.92. The summed E-state index contributed by atoms with van der Waals surface area (Å²) in [4.78, 5) is 20.2. The minimum atomic E-state index is -0.554. The van der Waals surface area contributed by atoms with Gasteiger partial charge in [0.15, 0.2) is 0 Å². The van der Waals surface area contributed by atoms with Gasteiger partial charge in [-0.25, -0.2) is 0 Å². The number of aldehydes is 1. The summed E-state index contributed by atoms with van der Waals surface area (Å²) in [5, 5.41) is 19.3. The smallest absolute Gasteiger partial charge is 0.277 e. The molecule has 5 nitrogen and oxygen atoms in total. The van der Waals surface area contributed by atoms with Crippen LogP contribution in [-0.4, -0.2) is 11.2 Å². The summed E-state index contributed by atoms with van der Waals surface area (Å²) < 4.78 is 0. The molecule has 0 N–H and O–H groups in total. The van der Waals surface area contributed by atoms with Crippen LogP contribution in [0.4, 0.5) is 5.69 Å². The second kappa shape index (κ2) is 5.41. The standard InChI is InChI=1S/C11H8N2O3/c12-8-9-4-5-10(3-1-2-6-14)11(7-9)13(15)16/h1,3-7H,2H2. The van der Waals surface area contributed by atoms with Crippen molar-refractivity contribution in [1.29, 1.82) is 5.26 Å². The Labute approximate surface area is 91.8 Å². The van der Waals surface area contributed by atoms with Gasteiger partial charge in [0.05, 0.1) is 22.1 Å². The van der Waals surface area contributed by atoms with Gasteiger partial charge >= 0.3 is 0 Å². The predicted octanol–water partition coefficient (Wildman–Crippen LogP) is 2.07. The van der Waals surface area contributed by atoms with E-state index < -0.39 is 4.92 Å². The van der Waals surface area contributed by atoms with E-state index in [2.05, 4.69) is 0 Å². The van der Waals surface area contributed by atoms with E-state index in [0.717, 1.165) is 0 Å².